The van der Waals surface area contributed by atoms with Gasteiger partial charge in [0.25, 0.3) is 0 Å². The molecule has 1 rings (SSSR count). The number of furan rings is 1. The van der Waals surface area contributed by atoms with Gasteiger partial charge in [-0.1, -0.05) is 0 Å². The molecule has 0 aliphatic rings. The Bertz CT molecular complexity index is 774. The Labute approximate surface area is 177 Å². The lowest BCUT2D eigenvalue weighted by Crippen LogP contribution is -2.14. The van der Waals surface area contributed by atoms with Crippen molar-refractivity contribution in [2.75, 3.05) is 0 Å². The predicted octanol–water partition coefficient (Wildman–Crippen LogP) is 6.57. The van der Waals surface area contributed by atoms with Crippen LogP contribution in [-0.4, -0.2) is 29.3 Å². The summed E-state index contributed by atoms with van der Waals surface area (Å²) < 4.78 is 55.3. The zero-order valence-electron chi connectivity index (χ0n) is 18.6. The van der Waals surface area contributed by atoms with Gasteiger partial charge in [-0.15, -0.1) is 0 Å². The standard InChI is InChI=1S/C18H31NO9P2/c1-12(2)25-29(22,26-13(3)4)18(11-16-9-10-17(24-16)19(20)21)30(23,27-14(5)6)28-15(7)8/h9-15H,1-8H3. The van der Waals surface area contributed by atoms with E-state index in [9.17, 15) is 19.2 Å². The minimum absolute atomic E-state index is 0.0726. The molecule has 0 bridgehead atoms. The Morgan fingerprint density at radius 1 is 0.867 bits per heavy atom. The molecule has 0 saturated heterocycles. The second-order valence-electron chi connectivity index (χ2n) is 7.55. The molecule has 0 N–H and O–H groups in total. The highest BCUT2D eigenvalue weighted by Crippen LogP contribution is 2.75. The highest BCUT2D eigenvalue weighted by atomic mass is 31.2. The zero-order valence-corrected chi connectivity index (χ0v) is 20.3. The van der Waals surface area contributed by atoms with Crippen molar-refractivity contribution in [3.8, 4) is 0 Å². The zero-order chi connectivity index (χ0) is 23.3. The highest BCUT2D eigenvalue weighted by molar-refractivity contribution is 7.79. The second kappa shape index (κ2) is 10.8. The summed E-state index contributed by atoms with van der Waals surface area (Å²) in [5.41, 5.74) is 0. The van der Waals surface area contributed by atoms with Crippen molar-refractivity contribution < 1.29 is 36.6 Å². The third-order valence-electron chi connectivity index (χ3n) is 3.02. The first-order valence-electron chi connectivity index (χ1n) is 9.59. The van der Waals surface area contributed by atoms with Gasteiger partial charge in [-0.05, 0) is 61.5 Å². The normalized spacial score (nSPS) is 12.9. The van der Waals surface area contributed by atoms with Crippen molar-refractivity contribution in [1.82, 2.24) is 0 Å². The van der Waals surface area contributed by atoms with E-state index in [1.54, 1.807) is 55.4 Å². The third kappa shape index (κ3) is 7.76. The fourth-order valence-corrected chi connectivity index (χ4v) is 7.42. The molecule has 1 heterocycles. The van der Waals surface area contributed by atoms with Crippen LogP contribution in [0, 0.1) is 10.1 Å². The number of hydrogen-bond acceptors (Lipinski definition) is 9. The molecule has 30 heavy (non-hydrogen) atoms. The van der Waals surface area contributed by atoms with Gasteiger partial charge in [0.05, 0.1) is 30.5 Å². The summed E-state index contributed by atoms with van der Waals surface area (Å²) >= 11 is 0. The average molecular weight is 467 g/mol. The van der Waals surface area contributed by atoms with Gasteiger partial charge in [0.2, 0.25) is 0 Å². The van der Waals surface area contributed by atoms with E-state index in [1.165, 1.54) is 6.07 Å². The number of nitro groups is 1. The Morgan fingerprint density at radius 3 is 1.50 bits per heavy atom. The van der Waals surface area contributed by atoms with Crippen molar-refractivity contribution in [2.24, 2.45) is 0 Å². The van der Waals surface area contributed by atoms with Gasteiger partial charge in [-0.2, -0.15) is 0 Å². The fraction of sp³-hybridized carbons (Fsp3) is 0.667. The van der Waals surface area contributed by atoms with Crippen LogP contribution in [-0.2, 0) is 27.2 Å². The number of nitrogens with zero attached hydrogens (tertiary/aromatic N) is 1. The van der Waals surface area contributed by atoms with Crippen LogP contribution in [0.25, 0.3) is 6.08 Å². The monoisotopic (exact) mass is 467 g/mol. The first-order valence-corrected chi connectivity index (χ1v) is 12.7. The maximum atomic E-state index is 13.9. The van der Waals surface area contributed by atoms with E-state index < -0.39 is 50.4 Å². The highest BCUT2D eigenvalue weighted by Gasteiger charge is 2.48. The van der Waals surface area contributed by atoms with Gasteiger partial charge >= 0.3 is 21.1 Å². The van der Waals surface area contributed by atoms with Crippen LogP contribution in [0.2, 0.25) is 0 Å². The van der Waals surface area contributed by atoms with Gasteiger partial charge in [0, 0.05) is 6.08 Å². The van der Waals surface area contributed by atoms with Gasteiger partial charge in [-0.25, -0.2) is 0 Å². The number of rotatable bonds is 12. The molecule has 10 nitrogen and oxygen atoms in total. The Hall–Kier alpha value is -1.28. The molecule has 0 aromatic carbocycles. The number of hydrogen-bond donors (Lipinski definition) is 0. The largest absolute Gasteiger partial charge is 0.433 e. The van der Waals surface area contributed by atoms with Crippen molar-refractivity contribution in [3.63, 3.8) is 0 Å². The molecular formula is C18H31NO9P2. The lowest BCUT2D eigenvalue weighted by molar-refractivity contribution is -0.402. The van der Waals surface area contributed by atoms with Crippen molar-refractivity contribution in [3.05, 3.63) is 33.1 Å². The molecule has 1 aromatic heterocycles. The summed E-state index contributed by atoms with van der Waals surface area (Å²) in [6.45, 7) is 13.1. The van der Waals surface area contributed by atoms with Gasteiger partial charge in [0.1, 0.15) is 10.7 Å². The van der Waals surface area contributed by atoms with E-state index in [4.69, 9.17) is 22.5 Å². The molecule has 172 valence electrons. The summed E-state index contributed by atoms with van der Waals surface area (Å²) in [6.07, 6.45) is -1.12. The molecule has 0 aliphatic heterocycles. The molecule has 0 amide bonds. The Morgan fingerprint density at radius 2 is 1.23 bits per heavy atom. The van der Waals surface area contributed by atoms with Crippen LogP contribution < -0.4 is 0 Å². The summed E-state index contributed by atoms with van der Waals surface area (Å²) in [4.78, 5) is 10.2. The lowest BCUT2D eigenvalue weighted by Gasteiger charge is -2.30. The molecule has 12 heteroatoms. The molecular weight excluding hydrogens is 436 g/mol. The molecule has 0 spiro atoms. The van der Waals surface area contributed by atoms with E-state index in [0.29, 0.717) is 0 Å². The summed E-state index contributed by atoms with van der Waals surface area (Å²) in [6, 6.07) is 2.40. The molecule has 0 saturated carbocycles. The molecule has 1 aromatic rings. The third-order valence-corrected chi connectivity index (χ3v) is 8.67. The summed E-state index contributed by atoms with van der Waals surface area (Å²) in [7, 11) is -8.47. The summed E-state index contributed by atoms with van der Waals surface area (Å²) in [5.74, 6) is -0.606. The topological polar surface area (TPSA) is 127 Å². The van der Waals surface area contributed by atoms with Crippen LogP contribution >= 0.6 is 15.2 Å². The predicted molar refractivity (Wildman–Crippen MR) is 113 cm³/mol. The van der Waals surface area contributed by atoms with Crippen LogP contribution in [0.1, 0.15) is 61.2 Å². The van der Waals surface area contributed by atoms with Gasteiger partial charge in [0.15, 0.2) is 5.06 Å². The average Bonchev–Trinajstić information content (AvgIpc) is 2.97. The van der Waals surface area contributed by atoms with Gasteiger partial charge < -0.3 is 22.5 Å². The minimum Gasteiger partial charge on any atom is -0.401 e. The second-order valence-corrected chi connectivity index (χ2v) is 11.7. The van der Waals surface area contributed by atoms with E-state index in [0.717, 1.165) is 12.1 Å². The molecule has 0 atom stereocenters. The Balaban J connectivity index is 3.77. The SMILES string of the molecule is CC(C)OP(=O)(OC(C)C)C(=Cc1ccc([N+](=O)[O-])o1)P(=O)(OC(C)C)OC(C)C. The van der Waals surface area contributed by atoms with E-state index in [1.807, 2.05) is 0 Å². The van der Waals surface area contributed by atoms with E-state index >= 15 is 0 Å². The Kier molecular flexibility index (Phi) is 9.67. The first-order chi connectivity index (χ1) is 13.7. The maximum Gasteiger partial charge on any atom is 0.433 e. The van der Waals surface area contributed by atoms with E-state index in [2.05, 4.69) is 0 Å². The molecule has 0 aliphatic carbocycles. The fourth-order valence-electron chi connectivity index (χ4n) is 2.33. The molecule has 0 unspecified atom stereocenters. The minimum atomic E-state index is -4.24. The maximum absolute atomic E-state index is 13.9. The van der Waals surface area contributed by atoms with Crippen molar-refractivity contribution in [1.29, 1.82) is 0 Å². The quantitative estimate of drug-likeness (QED) is 0.190. The van der Waals surface area contributed by atoms with Crippen molar-refractivity contribution in [2.45, 2.75) is 79.8 Å². The summed E-state index contributed by atoms with van der Waals surface area (Å²) in [5, 5.41) is 10.6. The van der Waals surface area contributed by atoms with E-state index in [-0.39, 0.29) is 10.8 Å². The van der Waals surface area contributed by atoms with Crippen molar-refractivity contribution >= 4 is 27.2 Å². The van der Waals surface area contributed by atoms with Crippen LogP contribution in [0.4, 0.5) is 5.88 Å². The van der Waals surface area contributed by atoms with Gasteiger partial charge in [-0.3, -0.25) is 19.2 Å². The van der Waals surface area contributed by atoms with Crippen LogP contribution in [0.15, 0.2) is 21.6 Å². The molecule has 0 fully saturated rings. The molecule has 0 radical (unpaired) electrons. The smallest absolute Gasteiger partial charge is 0.401 e. The first kappa shape index (κ1) is 26.8. The van der Waals surface area contributed by atoms with Crippen LogP contribution in [0.3, 0.4) is 0 Å². The van der Waals surface area contributed by atoms with Crippen LogP contribution in [0.5, 0.6) is 0 Å². The lowest BCUT2D eigenvalue weighted by atomic mass is 10.4.